The van der Waals surface area contributed by atoms with E-state index in [1.54, 1.807) is 23.0 Å². The Kier molecular flexibility index (Phi) is 5.70. The number of hydrogen-bond donors (Lipinski definition) is 1. The molecule has 0 bridgehead atoms. The third kappa shape index (κ3) is 3.87. The van der Waals surface area contributed by atoms with Crippen LogP contribution in [0.1, 0.15) is 31.0 Å². The number of piperazine rings is 1. The van der Waals surface area contributed by atoms with Gasteiger partial charge >= 0.3 is 0 Å². The predicted molar refractivity (Wildman–Crippen MR) is 135 cm³/mol. The van der Waals surface area contributed by atoms with E-state index in [4.69, 9.17) is 19.6 Å². The highest BCUT2D eigenvalue weighted by Gasteiger charge is 2.30. The summed E-state index contributed by atoms with van der Waals surface area (Å²) in [6.07, 6.45) is 3.49. The van der Waals surface area contributed by atoms with Gasteiger partial charge in [-0.3, -0.25) is 10.00 Å². The van der Waals surface area contributed by atoms with E-state index in [1.807, 2.05) is 12.3 Å². The lowest BCUT2D eigenvalue weighted by molar-refractivity contribution is -0.0660. The molecular weight excluding hydrogens is 464 g/mol. The van der Waals surface area contributed by atoms with E-state index >= 15 is 0 Å². The highest BCUT2D eigenvalue weighted by atomic mass is 32.1. The van der Waals surface area contributed by atoms with E-state index in [1.165, 1.54) is 11.3 Å². The van der Waals surface area contributed by atoms with Crippen LogP contribution in [0.4, 0.5) is 5.00 Å². The number of nitrogens with zero attached hydrogens (tertiary/aromatic N) is 7. The highest BCUT2D eigenvalue weighted by Crippen LogP contribution is 2.41. The molecule has 0 saturated carbocycles. The molecular formula is C24H30N8O2S. The molecule has 0 atom stereocenters. The van der Waals surface area contributed by atoms with Crippen LogP contribution in [-0.4, -0.2) is 87.2 Å². The van der Waals surface area contributed by atoms with Crippen molar-refractivity contribution in [2.24, 2.45) is 0 Å². The number of anilines is 1. The minimum Gasteiger partial charge on any atom is -0.493 e. The molecule has 6 rings (SSSR count). The van der Waals surface area contributed by atoms with Crippen LogP contribution in [0.5, 0.6) is 5.75 Å². The van der Waals surface area contributed by atoms with Gasteiger partial charge in [0.15, 0.2) is 11.4 Å². The van der Waals surface area contributed by atoms with Gasteiger partial charge in [-0.15, -0.1) is 0 Å². The van der Waals surface area contributed by atoms with E-state index in [-0.39, 0.29) is 5.92 Å². The number of hydrogen-bond acceptors (Lipinski definition) is 9. The third-order valence-corrected chi connectivity index (χ3v) is 8.17. The number of pyridine rings is 1. The summed E-state index contributed by atoms with van der Waals surface area (Å²) in [5, 5.41) is 14.5. The molecule has 0 radical (unpaired) electrons. The van der Waals surface area contributed by atoms with Crippen molar-refractivity contribution in [3.63, 3.8) is 0 Å². The molecule has 4 aromatic rings. The molecule has 2 aliphatic rings. The van der Waals surface area contributed by atoms with Crippen LogP contribution in [-0.2, 0) is 4.74 Å². The quantitative estimate of drug-likeness (QED) is 0.437. The number of ether oxygens (including phenoxy) is 2. The van der Waals surface area contributed by atoms with Crippen molar-refractivity contribution in [1.82, 2.24) is 34.7 Å². The normalized spacial score (nSPS) is 17.5. The number of aromatic amines is 1. The fourth-order valence-electron chi connectivity index (χ4n) is 4.99. The summed E-state index contributed by atoms with van der Waals surface area (Å²) in [5.74, 6) is 0.919. The van der Waals surface area contributed by atoms with Crippen molar-refractivity contribution in [1.29, 1.82) is 0 Å². The van der Waals surface area contributed by atoms with Gasteiger partial charge in [0, 0.05) is 43.5 Å². The standard InChI is InChI=1S/C24H30N8O2S/c1-14(2)19-20(16-9-18(33-4)22-25-13-26-32(22)10-16)28-29-21(19)23-27-15(3)24(35-23)31-7-5-30(6-8-31)17-11-34-12-17/h9-10,13-14,17H,5-8,11-12H2,1-4H3,(H,28,29). The molecule has 11 heteroatoms. The number of rotatable bonds is 6. The fraction of sp³-hybridized carbons (Fsp3) is 0.500. The molecule has 4 aromatic heterocycles. The summed E-state index contributed by atoms with van der Waals surface area (Å²) in [6.45, 7) is 12.4. The van der Waals surface area contributed by atoms with Gasteiger partial charge < -0.3 is 14.4 Å². The van der Waals surface area contributed by atoms with Gasteiger partial charge in [0.25, 0.3) is 0 Å². The van der Waals surface area contributed by atoms with Crippen LogP contribution in [0, 0.1) is 6.92 Å². The Hall–Kier alpha value is -3.02. The SMILES string of the molecule is COc1cc(-c2[nH]nc(-c3nc(C)c(N4CCN(C5COC5)CC4)s3)c2C(C)C)cn2ncnc12. The zero-order chi connectivity index (χ0) is 24.1. The zero-order valence-corrected chi connectivity index (χ0v) is 21.3. The van der Waals surface area contributed by atoms with E-state index < -0.39 is 0 Å². The summed E-state index contributed by atoms with van der Waals surface area (Å²) in [6, 6.07) is 2.58. The zero-order valence-electron chi connectivity index (χ0n) is 20.5. The Balaban J connectivity index is 1.32. The molecule has 0 amide bonds. The number of fused-ring (bicyclic) bond motifs is 1. The van der Waals surface area contributed by atoms with E-state index in [2.05, 4.69) is 45.8 Å². The molecule has 2 aliphatic heterocycles. The van der Waals surface area contributed by atoms with Crippen LogP contribution in [0.3, 0.4) is 0 Å². The van der Waals surface area contributed by atoms with Crippen LogP contribution in [0.15, 0.2) is 18.6 Å². The summed E-state index contributed by atoms with van der Waals surface area (Å²) >= 11 is 1.74. The topological polar surface area (TPSA) is 96.7 Å². The summed E-state index contributed by atoms with van der Waals surface area (Å²) < 4.78 is 12.7. The van der Waals surface area contributed by atoms with Crippen molar-refractivity contribution in [2.45, 2.75) is 32.7 Å². The largest absolute Gasteiger partial charge is 0.493 e. The average molecular weight is 495 g/mol. The number of aryl methyl sites for hydroxylation is 1. The molecule has 2 saturated heterocycles. The van der Waals surface area contributed by atoms with Crippen LogP contribution in [0.25, 0.3) is 27.6 Å². The number of nitrogens with one attached hydrogen (secondary N) is 1. The molecule has 1 N–H and O–H groups in total. The monoisotopic (exact) mass is 494 g/mol. The van der Waals surface area contributed by atoms with Gasteiger partial charge in [-0.05, 0) is 18.9 Å². The number of thiazole rings is 1. The molecule has 0 spiro atoms. The second-order valence-corrected chi connectivity index (χ2v) is 10.4. The first-order chi connectivity index (χ1) is 17.0. The van der Waals surface area contributed by atoms with Crippen molar-refractivity contribution >= 4 is 22.0 Å². The fourth-order valence-corrected chi connectivity index (χ4v) is 6.11. The highest BCUT2D eigenvalue weighted by molar-refractivity contribution is 7.19. The lowest BCUT2D eigenvalue weighted by Gasteiger charge is -2.42. The lowest BCUT2D eigenvalue weighted by atomic mass is 9.97. The number of H-pyrrole nitrogens is 1. The second kappa shape index (κ2) is 8.89. The molecule has 0 unspecified atom stereocenters. The Morgan fingerprint density at radius 1 is 1.20 bits per heavy atom. The molecule has 2 fully saturated rings. The van der Waals surface area contributed by atoms with Crippen molar-refractivity contribution in [2.75, 3.05) is 51.4 Å². The van der Waals surface area contributed by atoms with Crippen molar-refractivity contribution < 1.29 is 9.47 Å². The molecule has 6 heterocycles. The summed E-state index contributed by atoms with van der Waals surface area (Å²) in [4.78, 5) is 14.3. The van der Waals surface area contributed by atoms with Crippen LogP contribution < -0.4 is 9.64 Å². The van der Waals surface area contributed by atoms with Gasteiger partial charge in [0.1, 0.15) is 22.0 Å². The minimum absolute atomic E-state index is 0.247. The van der Waals surface area contributed by atoms with E-state index in [0.29, 0.717) is 17.4 Å². The minimum atomic E-state index is 0.247. The predicted octanol–water partition coefficient (Wildman–Crippen LogP) is 3.20. The number of aromatic nitrogens is 6. The van der Waals surface area contributed by atoms with Gasteiger partial charge in [0.2, 0.25) is 0 Å². The summed E-state index contributed by atoms with van der Waals surface area (Å²) in [7, 11) is 1.65. The van der Waals surface area contributed by atoms with Gasteiger partial charge in [-0.1, -0.05) is 25.2 Å². The van der Waals surface area contributed by atoms with Crippen molar-refractivity contribution in [3.8, 4) is 27.7 Å². The first kappa shape index (κ1) is 22.4. The van der Waals surface area contributed by atoms with E-state index in [0.717, 1.165) is 72.6 Å². The summed E-state index contributed by atoms with van der Waals surface area (Å²) in [5.41, 5.74) is 5.71. The Labute approximate surface area is 207 Å². The maximum atomic E-state index is 5.58. The third-order valence-electron chi connectivity index (χ3n) is 6.94. The first-order valence-electron chi connectivity index (χ1n) is 12.0. The first-order valence-corrected chi connectivity index (χ1v) is 12.9. The molecule has 0 aliphatic carbocycles. The Morgan fingerprint density at radius 2 is 2.00 bits per heavy atom. The molecule has 0 aromatic carbocycles. The maximum absolute atomic E-state index is 5.58. The van der Waals surface area contributed by atoms with Gasteiger partial charge in [0.05, 0.1) is 37.8 Å². The molecule has 184 valence electrons. The van der Waals surface area contributed by atoms with E-state index in [9.17, 15) is 0 Å². The van der Waals surface area contributed by atoms with Crippen LogP contribution in [0.2, 0.25) is 0 Å². The lowest BCUT2D eigenvalue weighted by Crippen LogP contribution is -2.56. The van der Waals surface area contributed by atoms with Crippen molar-refractivity contribution in [3.05, 3.63) is 29.8 Å². The molecule has 35 heavy (non-hydrogen) atoms. The van der Waals surface area contributed by atoms with Crippen LogP contribution >= 0.6 is 11.3 Å². The Morgan fingerprint density at radius 3 is 2.69 bits per heavy atom. The second-order valence-electron chi connectivity index (χ2n) is 9.46. The average Bonchev–Trinajstić information content (AvgIpc) is 3.55. The van der Waals surface area contributed by atoms with Gasteiger partial charge in [-0.2, -0.15) is 10.2 Å². The van der Waals surface area contributed by atoms with Gasteiger partial charge in [-0.25, -0.2) is 14.5 Å². The number of methoxy groups -OCH3 is 1. The Bertz CT molecular complexity index is 1350. The smallest absolute Gasteiger partial charge is 0.197 e. The molecule has 10 nitrogen and oxygen atoms in total. The maximum Gasteiger partial charge on any atom is 0.197 e.